The molecule has 0 amide bonds. The Balaban J connectivity index is 1.80. The van der Waals surface area contributed by atoms with E-state index in [2.05, 4.69) is 23.8 Å². The lowest BCUT2D eigenvalue weighted by Crippen LogP contribution is -2.26. The van der Waals surface area contributed by atoms with Gasteiger partial charge in [0.15, 0.2) is 0 Å². The van der Waals surface area contributed by atoms with Gasteiger partial charge in [-0.15, -0.1) is 0 Å². The summed E-state index contributed by atoms with van der Waals surface area (Å²) in [5, 5.41) is 8.96. The maximum Gasteiger partial charge on any atom is 0.292 e. The standard InChI is InChI=1S/C16H21N5O/c1-16(2)6-3-4-12(8-16)5-7-20-11-19-15-18-10-13(9-17)14(22)21(15)20/h10-12H,3-8H2,1-2H3. The number of hydrogen-bond acceptors (Lipinski definition) is 4. The fourth-order valence-corrected chi connectivity index (χ4v) is 3.58. The zero-order valence-corrected chi connectivity index (χ0v) is 13.1. The Morgan fingerprint density at radius 2 is 2.27 bits per heavy atom. The van der Waals surface area contributed by atoms with Gasteiger partial charge in [0.2, 0.25) is 0 Å². The molecule has 1 aliphatic carbocycles. The van der Waals surface area contributed by atoms with Gasteiger partial charge in [0.25, 0.3) is 11.3 Å². The first-order valence-corrected chi connectivity index (χ1v) is 7.83. The summed E-state index contributed by atoms with van der Waals surface area (Å²) in [6, 6.07) is 1.88. The third-order valence-corrected chi connectivity index (χ3v) is 4.68. The number of rotatable bonds is 3. The van der Waals surface area contributed by atoms with Crippen LogP contribution >= 0.6 is 0 Å². The van der Waals surface area contributed by atoms with Crippen molar-refractivity contribution < 1.29 is 0 Å². The van der Waals surface area contributed by atoms with E-state index in [1.54, 1.807) is 11.0 Å². The van der Waals surface area contributed by atoms with Gasteiger partial charge in [0.1, 0.15) is 18.0 Å². The molecule has 22 heavy (non-hydrogen) atoms. The molecular formula is C16H21N5O. The lowest BCUT2D eigenvalue weighted by molar-refractivity contribution is 0.167. The van der Waals surface area contributed by atoms with Crippen LogP contribution in [0.3, 0.4) is 0 Å². The highest BCUT2D eigenvalue weighted by molar-refractivity contribution is 5.31. The first-order chi connectivity index (χ1) is 10.5. The first-order valence-electron chi connectivity index (χ1n) is 7.83. The second-order valence-corrected chi connectivity index (χ2v) is 7.02. The van der Waals surface area contributed by atoms with Crippen LogP contribution in [0.4, 0.5) is 0 Å². The lowest BCUT2D eigenvalue weighted by Gasteiger charge is -2.35. The maximum atomic E-state index is 12.2. The van der Waals surface area contributed by atoms with Crippen LogP contribution in [0.15, 0.2) is 17.3 Å². The molecule has 0 bridgehead atoms. The van der Waals surface area contributed by atoms with E-state index in [1.165, 1.54) is 36.4 Å². The van der Waals surface area contributed by atoms with E-state index in [0.29, 0.717) is 17.1 Å². The second-order valence-electron chi connectivity index (χ2n) is 7.02. The van der Waals surface area contributed by atoms with Gasteiger partial charge in [-0.3, -0.25) is 9.48 Å². The summed E-state index contributed by atoms with van der Waals surface area (Å²) in [6.07, 6.45) is 9.02. The predicted octanol–water partition coefficient (Wildman–Crippen LogP) is 2.37. The molecule has 0 saturated heterocycles. The zero-order valence-electron chi connectivity index (χ0n) is 13.1. The largest absolute Gasteiger partial charge is 0.292 e. The van der Waals surface area contributed by atoms with Crippen molar-refractivity contribution in [1.29, 1.82) is 5.26 Å². The van der Waals surface area contributed by atoms with Crippen molar-refractivity contribution in [2.24, 2.45) is 11.3 Å². The average molecular weight is 299 g/mol. The van der Waals surface area contributed by atoms with Crippen LogP contribution in [-0.2, 0) is 6.54 Å². The summed E-state index contributed by atoms with van der Waals surface area (Å²) in [7, 11) is 0. The van der Waals surface area contributed by atoms with Gasteiger partial charge in [-0.25, -0.2) is 4.98 Å². The Hall–Kier alpha value is -2.16. The zero-order chi connectivity index (χ0) is 15.7. The molecule has 2 aromatic rings. The van der Waals surface area contributed by atoms with Gasteiger partial charge in [-0.2, -0.15) is 14.8 Å². The highest BCUT2D eigenvalue weighted by Crippen LogP contribution is 2.39. The summed E-state index contributed by atoms with van der Waals surface area (Å²) >= 11 is 0. The van der Waals surface area contributed by atoms with Crippen LogP contribution in [0, 0.1) is 22.7 Å². The molecule has 0 spiro atoms. The average Bonchev–Trinajstić information content (AvgIpc) is 2.88. The summed E-state index contributed by atoms with van der Waals surface area (Å²) < 4.78 is 3.19. The van der Waals surface area contributed by atoms with Gasteiger partial charge in [0.05, 0.1) is 6.20 Å². The third kappa shape index (κ3) is 2.76. The molecule has 0 aromatic carbocycles. The minimum atomic E-state index is -0.339. The van der Waals surface area contributed by atoms with Crippen molar-refractivity contribution in [1.82, 2.24) is 19.2 Å². The Kier molecular flexibility index (Phi) is 3.73. The second kappa shape index (κ2) is 5.56. The Labute approximate surface area is 129 Å². The molecular weight excluding hydrogens is 278 g/mol. The number of nitrogens with zero attached hydrogens (tertiary/aromatic N) is 5. The van der Waals surface area contributed by atoms with Crippen molar-refractivity contribution in [2.75, 3.05) is 0 Å². The fraction of sp³-hybridized carbons (Fsp3) is 0.625. The molecule has 0 radical (unpaired) electrons. The van der Waals surface area contributed by atoms with Crippen LogP contribution in [0.2, 0.25) is 0 Å². The number of aryl methyl sites for hydroxylation is 1. The van der Waals surface area contributed by atoms with Gasteiger partial charge in [-0.05, 0) is 30.6 Å². The molecule has 0 N–H and O–H groups in total. The Bertz CT molecular complexity index is 780. The monoisotopic (exact) mass is 299 g/mol. The van der Waals surface area contributed by atoms with Crippen molar-refractivity contribution in [3.05, 3.63) is 28.4 Å². The number of hydrogen-bond donors (Lipinski definition) is 0. The Morgan fingerprint density at radius 3 is 3.00 bits per heavy atom. The molecule has 116 valence electrons. The van der Waals surface area contributed by atoms with Crippen molar-refractivity contribution >= 4 is 5.78 Å². The van der Waals surface area contributed by atoms with Crippen molar-refractivity contribution in [2.45, 2.75) is 52.5 Å². The van der Waals surface area contributed by atoms with E-state index < -0.39 is 0 Å². The van der Waals surface area contributed by atoms with Crippen LogP contribution in [-0.4, -0.2) is 19.2 Å². The lowest BCUT2D eigenvalue weighted by atomic mass is 9.71. The molecule has 3 rings (SSSR count). The van der Waals surface area contributed by atoms with Gasteiger partial charge in [-0.1, -0.05) is 26.7 Å². The molecule has 2 heterocycles. The Morgan fingerprint density at radius 1 is 1.45 bits per heavy atom. The highest BCUT2D eigenvalue weighted by Gasteiger charge is 2.27. The van der Waals surface area contributed by atoms with E-state index in [-0.39, 0.29) is 11.1 Å². The van der Waals surface area contributed by atoms with Gasteiger partial charge >= 0.3 is 0 Å². The van der Waals surface area contributed by atoms with Gasteiger partial charge in [0, 0.05) is 6.54 Å². The smallest absolute Gasteiger partial charge is 0.266 e. The van der Waals surface area contributed by atoms with Crippen LogP contribution < -0.4 is 5.56 Å². The summed E-state index contributed by atoms with van der Waals surface area (Å²) in [5.74, 6) is 1.04. The number of aromatic nitrogens is 4. The predicted molar refractivity (Wildman–Crippen MR) is 82.3 cm³/mol. The minimum Gasteiger partial charge on any atom is -0.266 e. The van der Waals surface area contributed by atoms with E-state index in [9.17, 15) is 4.79 Å². The van der Waals surface area contributed by atoms with E-state index in [0.717, 1.165) is 13.0 Å². The summed E-state index contributed by atoms with van der Waals surface area (Å²) in [4.78, 5) is 20.4. The summed E-state index contributed by atoms with van der Waals surface area (Å²) in [6.45, 7) is 5.40. The van der Waals surface area contributed by atoms with E-state index >= 15 is 0 Å². The molecule has 6 heteroatoms. The molecule has 1 fully saturated rings. The third-order valence-electron chi connectivity index (χ3n) is 4.68. The fourth-order valence-electron chi connectivity index (χ4n) is 3.58. The van der Waals surface area contributed by atoms with Crippen molar-refractivity contribution in [3.8, 4) is 6.07 Å². The topological polar surface area (TPSA) is 76.0 Å². The van der Waals surface area contributed by atoms with E-state index in [1.807, 2.05) is 6.07 Å². The van der Waals surface area contributed by atoms with Crippen LogP contribution in [0.5, 0.6) is 0 Å². The van der Waals surface area contributed by atoms with Crippen LogP contribution in [0.25, 0.3) is 5.78 Å². The minimum absolute atomic E-state index is 0.0537. The molecule has 1 saturated carbocycles. The molecule has 1 atom stereocenters. The maximum absolute atomic E-state index is 12.2. The normalized spacial score (nSPS) is 20.9. The molecule has 6 nitrogen and oxygen atoms in total. The SMILES string of the molecule is CC1(C)CCCC(CCn2cnc3ncc(C#N)c(=O)n32)C1. The molecule has 1 aliphatic rings. The molecule has 0 aliphatic heterocycles. The van der Waals surface area contributed by atoms with Crippen molar-refractivity contribution in [3.63, 3.8) is 0 Å². The van der Waals surface area contributed by atoms with E-state index in [4.69, 9.17) is 5.26 Å². The quantitative estimate of drug-likeness (QED) is 0.872. The molecule has 2 aromatic heterocycles. The summed E-state index contributed by atoms with van der Waals surface area (Å²) in [5.41, 5.74) is 0.138. The van der Waals surface area contributed by atoms with Crippen LogP contribution in [0.1, 0.15) is 51.5 Å². The molecule has 1 unspecified atom stereocenters. The first kappa shape index (κ1) is 14.8. The number of nitriles is 1. The van der Waals surface area contributed by atoms with Gasteiger partial charge < -0.3 is 0 Å². The highest BCUT2D eigenvalue weighted by atomic mass is 16.1. The number of fused-ring (bicyclic) bond motifs is 1.